The predicted molar refractivity (Wildman–Crippen MR) is 43.4 cm³/mol. The second-order valence-corrected chi connectivity index (χ2v) is 3.09. The molecule has 0 aliphatic rings. The van der Waals surface area contributed by atoms with Crippen molar-refractivity contribution in [3.05, 3.63) is 0 Å². The van der Waals surface area contributed by atoms with Gasteiger partial charge in [0.2, 0.25) is 0 Å². The molecule has 68 valence electrons. The lowest BCUT2D eigenvalue weighted by Crippen LogP contribution is -2.19. The summed E-state index contributed by atoms with van der Waals surface area (Å²) in [6.07, 6.45) is 0.278. The highest BCUT2D eigenvalue weighted by Crippen LogP contribution is 1.98. The van der Waals surface area contributed by atoms with E-state index in [2.05, 4.69) is 13.8 Å². The Balaban J connectivity index is 3.01. The van der Waals surface area contributed by atoms with Crippen molar-refractivity contribution in [2.75, 3.05) is 19.8 Å². The van der Waals surface area contributed by atoms with Crippen molar-refractivity contribution in [1.29, 1.82) is 0 Å². The molecular formula is C8H18O3. The van der Waals surface area contributed by atoms with E-state index in [1.807, 2.05) is 0 Å². The molecule has 0 radical (unpaired) electrons. The van der Waals surface area contributed by atoms with Gasteiger partial charge >= 0.3 is 0 Å². The molecule has 0 fully saturated rings. The Hall–Kier alpha value is -0.120. The van der Waals surface area contributed by atoms with E-state index in [0.29, 0.717) is 12.5 Å². The molecule has 0 unspecified atom stereocenters. The molecule has 3 nitrogen and oxygen atoms in total. The number of hydrogen-bond donors (Lipinski definition) is 2. The van der Waals surface area contributed by atoms with Crippen molar-refractivity contribution < 1.29 is 14.9 Å². The maximum absolute atomic E-state index is 8.85. The van der Waals surface area contributed by atoms with E-state index < -0.39 is 6.10 Å². The third-order valence-electron chi connectivity index (χ3n) is 1.36. The summed E-state index contributed by atoms with van der Waals surface area (Å²) in [5, 5.41) is 17.3. The maximum Gasteiger partial charge on any atom is 0.100 e. The van der Waals surface area contributed by atoms with Crippen LogP contribution in [0.15, 0.2) is 0 Å². The van der Waals surface area contributed by atoms with Gasteiger partial charge in [-0.25, -0.2) is 0 Å². The number of ether oxygens (including phenoxy) is 1. The van der Waals surface area contributed by atoms with Gasteiger partial charge in [0.1, 0.15) is 6.10 Å². The van der Waals surface area contributed by atoms with E-state index in [-0.39, 0.29) is 13.2 Å². The predicted octanol–water partition coefficient (Wildman–Crippen LogP) is 0.402. The highest BCUT2D eigenvalue weighted by atomic mass is 16.5. The molecule has 3 heteroatoms. The fourth-order valence-corrected chi connectivity index (χ4v) is 0.591. The van der Waals surface area contributed by atoms with E-state index in [4.69, 9.17) is 14.9 Å². The molecular weight excluding hydrogens is 144 g/mol. The van der Waals surface area contributed by atoms with Crippen molar-refractivity contribution in [3.63, 3.8) is 0 Å². The van der Waals surface area contributed by atoms with Gasteiger partial charge in [-0.2, -0.15) is 0 Å². The van der Waals surface area contributed by atoms with E-state index in [0.717, 1.165) is 6.42 Å². The van der Waals surface area contributed by atoms with Gasteiger partial charge in [-0.15, -0.1) is 0 Å². The quantitative estimate of drug-likeness (QED) is 0.556. The Bertz CT molecular complexity index is 83.4. The lowest BCUT2D eigenvalue weighted by molar-refractivity contribution is 0.00360. The van der Waals surface area contributed by atoms with Crippen LogP contribution < -0.4 is 0 Å². The molecule has 0 saturated heterocycles. The van der Waals surface area contributed by atoms with Gasteiger partial charge in [0, 0.05) is 6.61 Å². The number of aliphatic hydroxyl groups is 2. The van der Waals surface area contributed by atoms with Crippen molar-refractivity contribution in [3.8, 4) is 0 Å². The first-order chi connectivity index (χ1) is 5.16. The fourth-order valence-electron chi connectivity index (χ4n) is 0.591. The van der Waals surface area contributed by atoms with Crippen molar-refractivity contribution in [2.24, 2.45) is 5.92 Å². The molecule has 0 saturated carbocycles. The lowest BCUT2D eigenvalue weighted by atomic mass is 10.1. The second-order valence-electron chi connectivity index (χ2n) is 3.09. The number of aliphatic hydroxyl groups excluding tert-OH is 2. The van der Waals surface area contributed by atoms with Gasteiger partial charge in [-0.3, -0.25) is 0 Å². The van der Waals surface area contributed by atoms with Gasteiger partial charge in [0.15, 0.2) is 0 Å². The molecule has 0 aromatic rings. The SMILES string of the molecule is CC(C)CCOC[C@H](O)CO. The van der Waals surface area contributed by atoms with E-state index in [1.165, 1.54) is 0 Å². The average molecular weight is 162 g/mol. The standard InChI is InChI=1S/C8H18O3/c1-7(2)3-4-11-6-8(10)5-9/h7-10H,3-6H2,1-2H3/t8-/m1/s1. The first-order valence-electron chi connectivity index (χ1n) is 4.03. The Kier molecular flexibility index (Phi) is 6.51. The summed E-state index contributed by atoms with van der Waals surface area (Å²) < 4.78 is 5.09. The first kappa shape index (κ1) is 10.9. The van der Waals surface area contributed by atoms with Gasteiger partial charge < -0.3 is 14.9 Å². The molecule has 0 aromatic carbocycles. The van der Waals surface area contributed by atoms with Crippen molar-refractivity contribution in [1.82, 2.24) is 0 Å². The topological polar surface area (TPSA) is 49.7 Å². The summed E-state index contributed by atoms with van der Waals surface area (Å²) >= 11 is 0. The number of hydrogen-bond acceptors (Lipinski definition) is 3. The van der Waals surface area contributed by atoms with Crippen LogP contribution in [0.25, 0.3) is 0 Å². The minimum absolute atomic E-state index is 0.221. The molecule has 0 aliphatic carbocycles. The van der Waals surface area contributed by atoms with Gasteiger partial charge in [-0.05, 0) is 12.3 Å². The molecule has 0 spiro atoms. The van der Waals surface area contributed by atoms with E-state index in [9.17, 15) is 0 Å². The maximum atomic E-state index is 8.85. The molecule has 0 rings (SSSR count). The summed E-state index contributed by atoms with van der Waals surface area (Å²) in [5.41, 5.74) is 0. The second kappa shape index (κ2) is 6.58. The van der Waals surface area contributed by atoms with Crippen LogP contribution >= 0.6 is 0 Å². The zero-order valence-electron chi connectivity index (χ0n) is 7.29. The van der Waals surface area contributed by atoms with Crippen LogP contribution in [-0.4, -0.2) is 36.1 Å². The monoisotopic (exact) mass is 162 g/mol. The van der Waals surface area contributed by atoms with E-state index >= 15 is 0 Å². The number of rotatable bonds is 6. The van der Waals surface area contributed by atoms with Crippen LogP contribution in [-0.2, 0) is 4.74 Å². The van der Waals surface area contributed by atoms with Crippen LogP contribution in [0.3, 0.4) is 0 Å². The Morgan fingerprint density at radius 2 is 2.00 bits per heavy atom. The van der Waals surface area contributed by atoms with Crippen LogP contribution in [0.4, 0.5) is 0 Å². The average Bonchev–Trinajstić information content (AvgIpc) is 1.97. The van der Waals surface area contributed by atoms with Crippen LogP contribution in [0.1, 0.15) is 20.3 Å². The Morgan fingerprint density at radius 1 is 1.36 bits per heavy atom. The fraction of sp³-hybridized carbons (Fsp3) is 1.00. The zero-order chi connectivity index (χ0) is 8.69. The minimum Gasteiger partial charge on any atom is -0.394 e. The highest BCUT2D eigenvalue weighted by Gasteiger charge is 2.01. The minimum atomic E-state index is -0.720. The molecule has 0 aromatic heterocycles. The van der Waals surface area contributed by atoms with Gasteiger partial charge in [0.05, 0.1) is 13.2 Å². The van der Waals surface area contributed by atoms with Crippen LogP contribution in [0.2, 0.25) is 0 Å². The summed E-state index contributed by atoms with van der Waals surface area (Å²) in [4.78, 5) is 0. The summed E-state index contributed by atoms with van der Waals surface area (Å²) in [6, 6.07) is 0. The first-order valence-corrected chi connectivity index (χ1v) is 4.03. The molecule has 1 atom stereocenters. The summed E-state index contributed by atoms with van der Waals surface area (Å²) in [5.74, 6) is 0.626. The van der Waals surface area contributed by atoms with Crippen LogP contribution in [0, 0.1) is 5.92 Å². The van der Waals surface area contributed by atoms with Gasteiger partial charge in [0.25, 0.3) is 0 Å². The molecule has 0 bridgehead atoms. The smallest absolute Gasteiger partial charge is 0.100 e. The van der Waals surface area contributed by atoms with Crippen molar-refractivity contribution in [2.45, 2.75) is 26.4 Å². The third kappa shape index (κ3) is 7.78. The van der Waals surface area contributed by atoms with Crippen LogP contribution in [0.5, 0.6) is 0 Å². The third-order valence-corrected chi connectivity index (χ3v) is 1.36. The Morgan fingerprint density at radius 3 is 2.45 bits per heavy atom. The summed E-state index contributed by atoms with van der Waals surface area (Å²) in [6.45, 7) is 4.91. The van der Waals surface area contributed by atoms with E-state index in [1.54, 1.807) is 0 Å². The van der Waals surface area contributed by atoms with Crippen molar-refractivity contribution >= 4 is 0 Å². The molecule has 0 aliphatic heterocycles. The molecule has 0 heterocycles. The van der Waals surface area contributed by atoms with Gasteiger partial charge in [-0.1, -0.05) is 13.8 Å². The lowest BCUT2D eigenvalue weighted by Gasteiger charge is -2.08. The molecule has 0 amide bonds. The highest BCUT2D eigenvalue weighted by molar-refractivity contribution is 4.49. The zero-order valence-corrected chi connectivity index (χ0v) is 7.29. The normalized spacial score (nSPS) is 13.9. The largest absolute Gasteiger partial charge is 0.394 e. The Labute approximate surface area is 68.0 Å². The summed E-state index contributed by atoms with van der Waals surface area (Å²) in [7, 11) is 0. The molecule has 11 heavy (non-hydrogen) atoms. The molecule has 2 N–H and O–H groups in total.